The Hall–Kier alpha value is -3.09. The van der Waals surface area contributed by atoms with Crippen LogP contribution >= 0.6 is 0 Å². The Bertz CT molecular complexity index is 993. The second-order valence-corrected chi connectivity index (χ2v) is 5.82. The third kappa shape index (κ3) is 3.20. The minimum absolute atomic E-state index is 0.576. The van der Waals surface area contributed by atoms with Gasteiger partial charge in [-0.05, 0) is 18.2 Å². The molecule has 0 amide bonds. The quantitative estimate of drug-likeness (QED) is 0.389. The first kappa shape index (κ1) is 16.4. The van der Waals surface area contributed by atoms with Crippen LogP contribution in [0.1, 0.15) is 0 Å². The number of nitrogens with zero attached hydrogens (tertiary/aromatic N) is 1. The standard InChI is InChI=1S/C20H19N3O3/c1-24-9-7-23-26-19-5-3-2-4-16(19)15-10-17-18(14-6-8-25-13-14)12-22-20(17)21-11-15/h2-6,8,10-13,23H,7,9H2,1H3,(H,21,22). The van der Waals surface area contributed by atoms with Crippen molar-refractivity contribution in [3.63, 3.8) is 0 Å². The molecule has 0 aliphatic heterocycles. The highest BCUT2D eigenvalue weighted by Gasteiger charge is 2.12. The Morgan fingerprint density at radius 3 is 2.92 bits per heavy atom. The maximum absolute atomic E-state index is 5.71. The Labute approximate surface area is 150 Å². The average molecular weight is 349 g/mol. The number of aromatic amines is 1. The van der Waals surface area contributed by atoms with E-state index in [2.05, 4.69) is 21.5 Å². The van der Waals surface area contributed by atoms with Crippen LogP contribution in [0.2, 0.25) is 0 Å². The third-order valence-electron chi connectivity index (χ3n) is 4.15. The second-order valence-electron chi connectivity index (χ2n) is 5.82. The number of ether oxygens (including phenoxy) is 1. The molecule has 0 aliphatic rings. The fourth-order valence-electron chi connectivity index (χ4n) is 2.87. The van der Waals surface area contributed by atoms with Crippen LogP contribution in [0.5, 0.6) is 5.75 Å². The largest absolute Gasteiger partial charge is 0.472 e. The molecule has 4 rings (SSSR count). The lowest BCUT2D eigenvalue weighted by Gasteiger charge is -2.11. The highest BCUT2D eigenvalue weighted by molar-refractivity contribution is 5.95. The summed E-state index contributed by atoms with van der Waals surface area (Å²) in [6.45, 7) is 1.18. The van der Waals surface area contributed by atoms with Crippen molar-refractivity contribution in [1.29, 1.82) is 0 Å². The van der Waals surface area contributed by atoms with Crippen LogP contribution < -0.4 is 10.3 Å². The first-order chi connectivity index (χ1) is 12.9. The van der Waals surface area contributed by atoms with Crippen molar-refractivity contribution < 1.29 is 14.0 Å². The van der Waals surface area contributed by atoms with Crippen molar-refractivity contribution in [3.05, 3.63) is 61.3 Å². The summed E-state index contributed by atoms with van der Waals surface area (Å²) in [7, 11) is 1.66. The molecule has 1 aromatic carbocycles. The molecule has 0 spiro atoms. The van der Waals surface area contributed by atoms with E-state index >= 15 is 0 Å². The van der Waals surface area contributed by atoms with Gasteiger partial charge in [-0.15, -0.1) is 0 Å². The van der Waals surface area contributed by atoms with E-state index in [0.29, 0.717) is 13.2 Å². The van der Waals surface area contributed by atoms with Crippen molar-refractivity contribution in [2.24, 2.45) is 0 Å². The number of aromatic nitrogens is 2. The zero-order valence-corrected chi connectivity index (χ0v) is 14.4. The zero-order chi connectivity index (χ0) is 17.8. The molecule has 3 heterocycles. The van der Waals surface area contributed by atoms with Gasteiger partial charge in [-0.25, -0.2) is 4.98 Å². The molecule has 132 valence electrons. The molecule has 4 aromatic rings. The van der Waals surface area contributed by atoms with Gasteiger partial charge in [0.05, 0.1) is 25.7 Å². The van der Waals surface area contributed by atoms with Crippen LogP contribution in [0.15, 0.2) is 65.7 Å². The fourth-order valence-corrected chi connectivity index (χ4v) is 2.87. The third-order valence-corrected chi connectivity index (χ3v) is 4.15. The lowest BCUT2D eigenvalue weighted by molar-refractivity contribution is 0.136. The summed E-state index contributed by atoms with van der Waals surface area (Å²) in [5, 5.41) is 1.03. The molecule has 3 aromatic heterocycles. The molecule has 0 atom stereocenters. The van der Waals surface area contributed by atoms with E-state index in [0.717, 1.165) is 39.0 Å². The minimum Gasteiger partial charge on any atom is -0.472 e. The summed E-state index contributed by atoms with van der Waals surface area (Å²) < 4.78 is 10.2. The predicted molar refractivity (Wildman–Crippen MR) is 99.7 cm³/mol. The molecular formula is C20H19N3O3. The number of fused-ring (bicyclic) bond motifs is 1. The van der Waals surface area contributed by atoms with Crippen LogP contribution in [0.4, 0.5) is 0 Å². The summed E-state index contributed by atoms with van der Waals surface area (Å²) in [4.78, 5) is 13.5. The topological polar surface area (TPSA) is 72.3 Å². The normalized spacial score (nSPS) is 11.1. The van der Waals surface area contributed by atoms with E-state index < -0.39 is 0 Å². The van der Waals surface area contributed by atoms with E-state index in [-0.39, 0.29) is 0 Å². The van der Waals surface area contributed by atoms with Gasteiger partial charge in [-0.3, -0.25) is 0 Å². The van der Waals surface area contributed by atoms with Crippen molar-refractivity contribution in [1.82, 2.24) is 15.4 Å². The van der Waals surface area contributed by atoms with Crippen LogP contribution in [-0.2, 0) is 4.74 Å². The minimum atomic E-state index is 0.576. The summed E-state index contributed by atoms with van der Waals surface area (Å²) in [6.07, 6.45) is 7.18. The van der Waals surface area contributed by atoms with E-state index in [1.807, 2.05) is 42.7 Å². The summed E-state index contributed by atoms with van der Waals surface area (Å²) in [6, 6.07) is 11.9. The molecule has 0 bridgehead atoms. The summed E-state index contributed by atoms with van der Waals surface area (Å²) in [5.74, 6) is 0.741. The zero-order valence-electron chi connectivity index (χ0n) is 14.4. The Kier molecular flexibility index (Phi) is 4.68. The van der Waals surface area contributed by atoms with Gasteiger partial charge in [0.1, 0.15) is 5.65 Å². The molecule has 0 unspecified atom stereocenters. The van der Waals surface area contributed by atoms with Crippen LogP contribution in [0, 0.1) is 0 Å². The number of H-pyrrole nitrogens is 1. The second kappa shape index (κ2) is 7.43. The fraction of sp³-hybridized carbons (Fsp3) is 0.150. The van der Waals surface area contributed by atoms with Gasteiger partial charge in [-0.1, -0.05) is 18.2 Å². The molecule has 0 saturated heterocycles. The number of hydrogen-bond donors (Lipinski definition) is 2. The Morgan fingerprint density at radius 2 is 2.08 bits per heavy atom. The number of hydrogen-bond acceptors (Lipinski definition) is 5. The number of para-hydroxylation sites is 1. The first-order valence-electron chi connectivity index (χ1n) is 8.34. The number of furan rings is 1. The van der Waals surface area contributed by atoms with Gasteiger partial charge in [0, 0.05) is 47.1 Å². The van der Waals surface area contributed by atoms with Crippen LogP contribution in [0.25, 0.3) is 33.3 Å². The van der Waals surface area contributed by atoms with Crippen LogP contribution in [-0.4, -0.2) is 30.2 Å². The molecule has 26 heavy (non-hydrogen) atoms. The average Bonchev–Trinajstić information content (AvgIpc) is 3.34. The van der Waals surface area contributed by atoms with E-state index in [9.17, 15) is 0 Å². The molecular weight excluding hydrogens is 330 g/mol. The number of nitrogens with one attached hydrogen (secondary N) is 2. The first-order valence-corrected chi connectivity index (χ1v) is 8.34. The lowest BCUT2D eigenvalue weighted by Crippen LogP contribution is -2.23. The maximum Gasteiger partial charge on any atom is 0.155 e. The van der Waals surface area contributed by atoms with Crippen molar-refractivity contribution in [3.8, 4) is 28.0 Å². The number of benzene rings is 1. The van der Waals surface area contributed by atoms with E-state index in [1.165, 1.54) is 0 Å². The molecule has 6 heteroatoms. The van der Waals surface area contributed by atoms with E-state index in [4.69, 9.17) is 14.0 Å². The molecule has 6 nitrogen and oxygen atoms in total. The lowest BCUT2D eigenvalue weighted by atomic mass is 10.0. The maximum atomic E-state index is 5.71. The summed E-state index contributed by atoms with van der Waals surface area (Å²) in [5.41, 5.74) is 7.76. The molecule has 0 fully saturated rings. The SMILES string of the molecule is COCCNOc1ccccc1-c1cnc2[nH]cc(-c3ccoc3)c2c1. The monoisotopic (exact) mass is 349 g/mol. The highest BCUT2D eigenvalue weighted by Crippen LogP contribution is 2.34. The number of pyridine rings is 1. The van der Waals surface area contributed by atoms with Crippen molar-refractivity contribution in [2.75, 3.05) is 20.3 Å². The van der Waals surface area contributed by atoms with Crippen LogP contribution in [0.3, 0.4) is 0 Å². The van der Waals surface area contributed by atoms with Crippen molar-refractivity contribution >= 4 is 11.0 Å². The molecule has 2 N–H and O–H groups in total. The Balaban J connectivity index is 1.70. The van der Waals surface area contributed by atoms with Gasteiger partial charge >= 0.3 is 0 Å². The van der Waals surface area contributed by atoms with Gasteiger partial charge in [0.25, 0.3) is 0 Å². The predicted octanol–water partition coefficient (Wildman–Crippen LogP) is 4.02. The summed E-state index contributed by atoms with van der Waals surface area (Å²) >= 11 is 0. The smallest absolute Gasteiger partial charge is 0.155 e. The number of hydroxylamine groups is 1. The van der Waals surface area contributed by atoms with Gasteiger partial charge in [0.15, 0.2) is 5.75 Å². The van der Waals surface area contributed by atoms with Gasteiger partial charge in [-0.2, -0.15) is 5.48 Å². The number of methoxy groups -OCH3 is 1. The van der Waals surface area contributed by atoms with Gasteiger partial charge in [0.2, 0.25) is 0 Å². The molecule has 0 radical (unpaired) electrons. The van der Waals surface area contributed by atoms with Gasteiger partial charge < -0.3 is 19.0 Å². The molecule has 0 aliphatic carbocycles. The highest BCUT2D eigenvalue weighted by atomic mass is 16.6. The number of rotatable bonds is 7. The molecule has 0 saturated carbocycles. The van der Waals surface area contributed by atoms with E-state index in [1.54, 1.807) is 19.6 Å². The van der Waals surface area contributed by atoms with Crippen molar-refractivity contribution in [2.45, 2.75) is 0 Å². The Morgan fingerprint density at radius 1 is 1.15 bits per heavy atom.